The van der Waals surface area contributed by atoms with Crippen LogP contribution in [0.5, 0.6) is 0 Å². The van der Waals surface area contributed by atoms with Crippen LogP contribution in [0.2, 0.25) is 0 Å². The second-order valence-corrected chi connectivity index (χ2v) is 3.44. The van der Waals surface area contributed by atoms with Gasteiger partial charge in [-0.3, -0.25) is 0 Å². The van der Waals surface area contributed by atoms with Crippen LogP contribution in [0.3, 0.4) is 0 Å². The van der Waals surface area contributed by atoms with Crippen LogP contribution >= 0.6 is 0 Å². The molecule has 82 valence electrons. The maximum Gasteiger partial charge on any atom is 0.254 e. The van der Waals surface area contributed by atoms with Gasteiger partial charge in [0.05, 0.1) is 6.61 Å². The number of imidazole rings is 1. The molecule has 0 saturated carbocycles. The molecule has 1 aromatic heterocycles. The SMILES string of the molecule is CCCOCC[n+]1ccn(CC#N)c1C. The van der Waals surface area contributed by atoms with E-state index in [4.69, 9.17) is 10.00 Å². The zero-order chi connectivity index (χ0) is 11.1. The molecular formula is C11H18N3O+. The summed E-state index contributed by atoms with van der Waals surface area (Å²) in [6.45, 7) is 6.92. The Morgan fingerprint density at radius 1 is 1.53 bits per heavy atom. The van der Waals surface area contributed by atoms with Crippen molar-refractivity contribution in [1.82, 2.24) is 4.57 Å². The fourth-order valence-electron chi connectivity index (χ4n) is 1.43. The zero-order valence-corrected chi connectivity index (χ0v) is 9.44. The van der Waals surface area contributed by atoms with Gasteiger partial charge in [0.15, 0.2) is 6.54 Å². The summed E-state index contributed by atoms with van der Waals surface area (Å²) in [5, 5.41) is 8.59. The first kappa shape index (κ1) is 11.7. The van der Waals surface area contributed by atoms with Gasteiger partial charge in [0.2, 0.25) is 0 Å². The molecule has 0 aliphatic carbocycles. The molecule has 0 saturated heterocycles. The third-order valence-corrected chi connectivity index (χ3v) is 2.32. The average Bonchev–Trinajstić information content (AvgIpc) is 2.57. The number of nitrogens with zero attached hydrogens (tertiary/aromatic N) is 3. The predicted octanol–water partition coefficient (Wildman–Crippen LogP) is 1.03. The number of hydrogen-bond donors (Lipinski definition) is 0. The van der Waals surface area contributed by atoms with Crippen LogP contribution in [0.25, 0.3) is 0 Å². The van der Waals surface area contributed by atoms with Gasteiger partial charge in [-0.1, -0.05) is 6.92 Å². The summed E-state index contributed by atoms with van der Waals surface area (Å²) in [4.78, 5) is 0. The van der Waals surface area contributed by atoms with Crippen molar-refractivity contribution in [3.05, 3.63) is 18.2 Å². The lowest BCUT2D eigenvalue weighted by Crippen LogP contribution is -2.37. The summed E-state index contributed by atoms with van der Waals surface area (Å²) < 4.78 is 9.45. The largest absolute Gasteiger partial charge is 0.377 e. The van der Waals surface area contributed by atoms with Gasteiger partial charge in [-0.2, -0.15) is 5.26 Å². The summed E-state index contributed by atoms with van der Waals surface area (Å²) >= 11 is 0. The average molecular weight is 208 g/mol. The second kappa shape index (κ2) is 6.20. The van der Waals surface area contributed by atoms with Gasteiger partial charge >= 0.3 is 0 Å². The summed E-state index contributed by atoms with van der Waals surface area (Å²) in [7, 11) is 0. The molecular weight excluding hydrogens is 190 g/mol. The number of rotatable bonds is 6. The van der Waals surface area contributed by atoms with E-state index < -0.39 is 0 Å². The van der Waals surface area contributed by atoms with Gasteiger partial charge in [-0.05, 0) is 6.42 Å². The first-order valence-electron chi connectivity index (χ1n) is 5.29. The monoisotopic (exact) mass is 208 g/mol. The highest BCUT2D eigenvalue weighted by Gasteiger charge is 2.10. The van der Waals surface area contributed by atoms with E-state index in [9.17, 15) is 0 Å². The molecule has 0 atom stereocenters. The minimum Gasteiger partial charge on any atom is -0.377 e. The van der Waals surface area contributed by atoms with E-state index in [0.717, 1.165) is 32.0 Å². The van der Waals surface area contributed by atoms with E-state index in [1.54, 1.807) is 0 Å². The molecule has 0 fully saturated rings. The van der Waals surface area contributed by atoms with E-state index in [-0.39, 0.29) is 0 Å². The molecule has 15 heavy (non-hydrogen) atoms. The van der Waals surface area contributed by atoms with Gasteiger partial charge in [-0.25, -0.2) is 9.13 Å². The van der Waals surface area contributed by atoms with Crippen molar-refractivity contribution in [2.45, 2.75) is 33.4 Å². The van der Waals surface area contributed by atoms with Crippen molar-refractivity contribution in [2.75, 3.05) is 13.2 Å². The van der Waals surface area contributed by atoms with Crippen LogP contribution in [0, 0.1) is 18.3 Å². The number of nitriles is 1. The lowest BCUT2D eigenvalue weighted by atomic mass is 10.5. The molecule has 0 amide bonds. The van der Waals surface area contributed by atoms with Crippen LogP contribution in [0.4, 0.5) is 0 Å². The molecule has 0 aromatic carbocycles. The maximum atomic E-state index is 8.59. The molecule has 0 aliphatic heterocycles. The van der Waals surface area contributed by atoms with Crippen LogP contribution in [-0.2, 0) is 17.8 Å². The third-order valence-electron chi connectivity index (χ3n) is 2.32. The van der Waals surface area contributed by atoms with Crippen molar-refractivity contribution in [1.29, 1.82) is 5.26 Å². The van der Waals surface area contributed by atoms with E-state index in [0.29, 0.717) is 6.54 Å². The number of ether oxygens (including phenoxy) is 1. The maximum absolute atomic E-state index is 8.59. The van der Waals surface area contributed by atoms with Gasteiger partial charge in [0, 0.05) is 13.5 Å². The highest BCUT2D eigenvalue weighted by atomic mass is 16.5. The fraction of sp³-hybridized carbons (Fsp3) is 0.636. The molecule has 1 heterocycles. The molecule has 4 nitrogen and oxygen atoms in total. The topological polar surface area (TPSA) is 41.8 Å². The van der Waals surface area contributed by atoms with E-state index in [2.05, 4.69) is 17.6 Å². The van der Waals surface area contributed by atoms with Crippen LogP contribution < -0.4 is 4.57 Å². The molecule has 4 heteroatoms. The van der Waals surface area contributed by atoms with Gasteiger partial charge < -0.3 is 4.74 Å². The lowest BCUT2D eigenvalue weighted by molar-refractivity contribution is -0.703. The van der Waals surface area contributed by atoms with Crippen LogP contribution in [0.1, 0.15) is 19.2 Å². The molecule has 0 radical (unpaired) electrons. The van der Waals surface area contributed by atoms with E-state index >= 15 is 0 Å². The highest BCUT2D eigenvalue weighted by Crippen LogP contribution is 1.92. The second-order valence-electron chi connectivity index (χ2n) is 3.44. The Kier molecular flexibility index (Phi) is 4.85. The molecule has 0 bridgehead atoms. The van der Waals surface area contributed by atoms with Crippen molar-refractivity contribution < 1.29 is 9.30 Å². The lowest BCUT2D eigenvalue weighted by Gasteiger charge is -2.01. The van der Waals surface area contributed by atoms with Crippen molar-refractivity contribution in [3.8, 4) is 6.07 Å². The first-order valence-corrected chi connectivity index (χ1v) is 5.29. The fourth-order valence-corrected chi connectivity index (χ4v) is 1.43. The Morgan fingerprint density at radius 2 is 2.33 bits per heavy atom. The van der Waals surface area contributed by atoms with Gasteiger partial charge in [0.1, 0.15) is 25.0 Å². The third kappa shape index (κ3) is 3.37. The summed E-state index contributed by atoms with van der Waals surface area (Å²) in [5.41, 5.74) is 0. The molecule has 1 rings (SSSR count). The highest BCUT2D eigenvalue weighted by molar-refractivity contribution is 4.84. The normalized spacial score (nSPS) is 10.2. The Bertz CT molecular complexity index is 338. The van der Waals surface area contributed by atoms with Gasteiger partial charge in [-0.15, -0.1) is 0 Å². The van der Waals surface area contributed by atoms with Crippen molar-refractivity contribution in [3.63, 3.8) is 0 Å². The standard InChI is InChI=1S/C11H18N3O/c1-3-9-15-10-8-14-7-6-13(5-4-12)11(14)2/h6-7H,3,5,8-10H2,1-2H3/q+1. The van der Waals surface area contributed by atoms with Crippen LogP contribution in [-0.4, -0.2) is 17.8 Å². The quantitative estimate of drug-likeness (QED) is 0.517. The zero-order valence-electron chi connectivity index (χ0n) is 9.44. The smallest absolute Gasteiger partial charge is 0.254 e. The van der Waals surface area contributed by atoms with Crippen LogP contribution in [0.15, 0.2) is 12.4 Å². The summed E-state index contributed by atoms with van der Waals surface area (Å²) in [5.74, 6) is 1.09. The molecule has 0 unspecified atom stereocenters. The molecule has 1 aromatic rings. The Labute approximate surface area is 90.7 Å². The molecule has 0 aliphatic rings. The van der Waals surface area contributed by atoms with Crippen molar-refractivity contribution >= 4 is 0 Å². The molecule has 0 spiro atoms. The minimum absolute atomic E-state index is 0.411. The Balaban J connectivity index is 2.44. The molecule has 0 N–H and O–H groups in total. The number of aromatic nitrogens is 2. The van der Waals surface area contributed by atoms with Gasteiger partial charge in [0.25, 0.3) is 5.82 Å². The van der Waals surface area contributed by atoms with Crippen molar-refractivity contribution in [2.24, 2.45) is 0 Å². The Hall–Kier alpha value is -1.34. The summed E-state index contributed by atoms with van der Waals surface area (Å²) in [6.07, 6.45) is 4.97. The predicted molar refractivity (Wildman–Crippen MR) is 56.1 cm³/mol. The Morgan fingerprint density at radius 3 is 3.00 bits per heavy atom. The summed E-state index contributed by atoms with van der Waals surface area (Å²) in [6, 6.07) is 2.13. The van der Waals surface area contributed by atoms with E-state index in [1.807, 2.05) is 23.9 Å². The van der Waals surface area contributed by atoms with E-state index in [1.165, 1.54) is 0 Å². The first-order chi connectivity index (χ1) is 7.29. The number of hydrogen-bond acceptors (Lipinski definition) is 2. The minimum atomic E-state index is 0.411.